The maximum Gasteiger partial charge on any atom is 0.0294 e. The predicted molar refractivity (Wildman–Crippen MR) is 77.7 cm³/mol. The Kier molecular flexibility index (Phi) is 4.35. The fourth-order valence-electron chi connectivity index (χ4n) is 4.10. The monoisotopic (exact) mass is 253 g/mol. The zero-order valence-corrected chi connectivity index (χ0v) is 12.7. The Morgan fingerprint density at radius 3 is 2.44 bits per heavy atom. The van der Waals surface area contributed by atoms with Crippen LogP contribution < -0.4 is 5.73 Å². The fraction of sp³-hybridized carbons (Fsp3) is 1.00. The standard InChI is InChI=1S/C15H31N3/c1-12(16)14(15(2,3)4)18-10-9-17-8-6-5-7-13(17)11-18/h12-14H,5-11,16H2,1-4H3. The molecule has 0 aromatic rings. The number of fused-ring (bicyclic) bond motifs is 1. The highest BCUT2D eigenvalue weighted by Gasteiger charge is 2.38. The molecule has 3 unspecified atom stereocenters. The second-order valence-electron chi connectivity index (χ2n) is 7.35. The molecule has 2 fully saturated rings. The molecule has 18 heavy (non-hydrogen) atoms. The lowest BCUT2D eigenvalue weighted by molar-refractivity contribution is -0.00843. The molecule has 2 aliphatic rings. The molecule has 3 nitrogen and oxygen atoms in total. The lowest BCUT2D eigenvalue weighted by Crippen LogP contribution is -2.62. The first kappa shape index (κ1) is 14.3. The Balaban J connectivity index is 2.04. The average Bonchev–Trinajstić information content (AvgIpc) is 2.26. The van der Waals surface area contributed by atoms with E-state index in [1.54, 1.807) is 0 Å². The number of piperazine rings is 1. The van der Waals surface area contributed by atoms with E-state index in [9.17, 15) is 0 Å². The second-order valence-corrected chi connectivity index (χ2v) is 7.35. The first-order chi connectivity index (χ1) is 8.39. The van der Waals surface area contributed by atoms with Crippen molar-refractivity contribution in [1.82, 2.24) is 9.80 Å². The molecule has 0 spiro atoms. The van der Waals surface area contributed by atoms with E-state index in [0.717, 1.165) is 6.04 Å². The number of hydrogen-bond acceptors (Lipinski definition) is 3. The molecule has 0 bridgehead atoms. The Morgan fingerprint density at radius 1 is 1.11 bits per heavy atom. The summed E-state index contributed by atoms with van der Waals surface area (Å²) in [6.45, 7) is 14.1. The topological polar surface area (TPSA) is 32.5 Å². The van der Waals surface area contributed by atoms with Gasteiger partial charge in [-0.2, -0.15) is 0 Å². The third kappa shape index (κ3) is 3.06. The molecule has 106 valence electrons. The van der Waals surface area contributed by atoms with Gasteiger partial charge in [0.2, 0.25) is 0 Å². The van der Waals surface area contributed by atoms with E-state index < -0.39 is 0 Å². The average molecular weight is 253 g/mol. The van der Waals surface area contributed by atoms with Gasteiger partial charge in [0.05, 0.1) is 0 Å². The van der Waals surface area contributed by atoms with E-state index in [1.807, 2.05) is 0 Å². The molecular formula is C15H31N3. The maximum atomic E-state index is 6.27. The van der Waals surface area contributed by atoms with Gasteiger partial charge in [-0.25, -0.2) is 0 Å². The van der Waals surface area contributed by atoms with Crippen LogP contribution in [0.3, 0.4) is 0 Å². The highest BCUT2D eigenvalue weighted by molar-refractivity contribution is 4.94. The fourth-order valence-corrected chi connectivity index (χ4v) is 4.10. The summed E-state index contributed by atoms with van der Waals surface area (Å²) in [5.41, 5.74) is 6.54. The van der Waals surface area contributed by atoms with Crippen LogP contribution in [-0.2, 0) is 0 Å². The second kappa shape index (κ2) is 5.48. The smallest absolute Gasteiger partial charge is 0.0294 e. The van der Waals surface area contributed by atoms with Gasteiger partial charge in [0.15, 0.2) is 0 Å². The van der Waals surface area contributed by atoms with Gasteiger partial charge in [-0.1, -0.05) is 27.2 Å². The Labute approximate surface area is 113 Å². The van der Waals surface area contributed by atoms with E-state index in [4.69, 9.17) is 5.73 Å². The molecule has 2 aliphatic heterocycles. The summed E-state index contributed by atoms with van der Waals surface area (Å²) in [7, 11) is 0. The van der Waals surface area contributed by atoms with Crippen LogP contribution in [0.5, 0.6) is 0 Å². The number of nitrogens with zero attached hydrogens (tertiary/aromatic N) is 2. The van der Waals surface area contributed by atoms with Gasteiger partial charge in [-0.15, -0.1) is 0 Å². The molecule has 0 amide bonds. The van der Waals surface area contributed by atoms with Gasteiger partial charge in [-0.3, -0.25) is 9.80 Å². The first-order valence-corrected chi connectivity index (χ1v) is 7.63. The molecule has 0 aromatic carbocycles. The van der Waals surface area contributed by atoms with Crippen LogP contribution in [0.1, 0.15) is 47.0 Å². The number of hydrogen-bond donors (Lipinski definition) is 1. The summed E-state index contributed by atoms with van der Waals surface area (Å²) in [5.74, 6) is 0. The summed E-state index contributed by atoms with van der Waals surface area (Å²) in [6.07, 6.45) is 4.19. The highest BCUT2D eigenvalue weighted by atomic mass is 15.3. The Morgan fingerprint density at radius 2 is 1.83 bits per heavy atom. The van der Waals surface area contributed by atoms with Crippen molar-refractivity contribution >= 4 is 0 Å². The van der Waals surface area contributed by atoms with E-state index in [2.05, 4.69) is 37.5 Å². The van der Waals surface area contributed by atoms with Crippen molar-refractivity contribution in [3.05, 3.63) is 0 Å². The van der Waals surface area contributed by atoms with Crippen LogP contribution in [0.15, 0.2) is 0 Å². The van der Waals surface area contributed by atoms with E-state index in [1.165, 1.54) is 45.4 Å². The SMILES string of the molecule is CC(N)C(N1CCN2CCCCC2C1)C(C)(C)C. The van der Waals surface area contributed by atoms with Crippen molar-refractivity contribution < 1.29 is 0 Å². The van der Waals surface area contributed by atoms with Crippen LogP contribution in [0.4, 0.5) is 0 Å². The van der Waals surface area contributed by atoms with Crippen LogP contribution in [0.25, 0.3) is 0 Å². The molecule has 2 saturated heterocycles. The molecule has 2 rings (SSSR count). The van der Waals surface area contributed by atoms with Gasteiger partial charge in [0, 0.05) is 37.8 Å². The van der Waals surface area contributed by atoms with Crippen LogP contribution in [0, 0.1) is 5.41 Å². The van der Waals surface area contributed by atoms with E-state index >= 15 is 0 Å². The van der Waals surface area contributed by atoms with Crippen molar-refractivity contribution in [2.24, 2.45) is 11.1 Å². The minimum Gasteiger partial charge on any atom is -0.327 e. The number of piperidine rings is 1. The zero-order valence-electron chi connectivity index (χ0n) is 12.7. The van der Waals surface area contributed by atoms with Gasteiger partial charge < -0.3 is 5.73 Å². The molecule has 3 heteroatoms. The molecule has 0 radical (unpaired) electrons. The number of rotatable bonds is 2. The molecule has 0 aromatic heterocycles. The van der Waals surface area contributed by atoms with Crippen molar-refractivity contribution in [2.45, 2.75) is 65.1 Å². The lowest BCUT2D eigenvalue weighted by atomic mass is 9.81. The largest absolute Gasteiger partial charge is 0.327 e. The molecule has 0 saturated carbocycles. The lowest BCUT2D eigenvalue weighted by Gasteiger charge is -2.50. The summed E-state index contributed by atoms with van der Waals surface area (Å²) in [4.78, 5) is 5.36. The summed E-state index contributed by atoms with van der Waals surface area (Å²) >= 11 is 0. The Hall–Kier alpha value is -0.120. The number of nitrogens with two attached hydrogens (primary N) is 1. The maximum absolute atomic E-state index is 6.27. The van der Waals surface area contributed by atoms with Gasteiger partial charge in [0.25, 0.3) is 0 Å². The zero-order chi connectivity index (χ0) is 13.3. The normalized spacial score (nSPS) is 30.8. The third-order valence-electron chi connectivity index (χ3n) is 4.65. The molecule has 2 N–H and O–H groups in total. The summed E-state index contributed by atoms with van der Waals surface area (Å²) < 4.78 is 0. The van der Waals surface area contributed by atoms with Crippen molar-refractivity contribution in [2.75, 3.05) is 26.2 Å². The molecular weight excluding hydrogens is 222 g/mol. The van der Waals surface area contributed by atoms with E-state index in [0.29, 0.717) is 6.04 Å². The molecule has 0 aliphatic carbocycles. The van der Waals surface area contributed by atoms with Crippen LogP contribution in [-0.4, -0.2) is 54.1 Å². The minimum atomic E-state index is 0.250. The van der Waals surface area contributed by atoms with Gasteiger partial charge in [0.1, 0.15) is 0 Å². The van der Waals surface area contributed by atoms with E-state index in [-0.39, 0.29) is 11.5 Å². The third-order valence-corrected chi connectivity index (χ3v) is 4.65. The van der Waals surface area contributed by atoms with Crippen molar-refractivity contribution in [3.8, 4) is 0 Å². The van der Waals surface area contributed by atoms with Crippen molar-refractivity contribution in [1.29, 1.82) is 0 Å². The quantitative estimate of drug-likeness (QED) is 0.816. The highest BCUT2D eigenvalue weighted by Crippen LogP contribution is 2.30. The van der Waals surface area contributed by atoms with Gasteiger partial charge in [-0.05, 0) is 31.7 Å². The summed E-state index contributed by atoms with van der Waals surface area (Å²) in [5, 5.41) is 0. The van der Waals surface area contributed by atoms with Gasteiger partial charge >= 0.3 is 0 Å². The van der Waals surface area contributed by atoms with Crippen LogP contribution in [0.2, 0.25) is 0 Å². The molecule has 2 heterocycles. The van der Waals surface area contributed by atoms with Crippen LogP contribution >= 0.6 is 0 Å². The molecule has 3 atom stereocenters. The summed E-state index contributed by atoms with van der Waals surface area (Å²) in [6, 6.07) is 1.54. The predicted octanol–water partition coefficient (Wildman–Crippen LogP) is 1.92. The minimum absolute atomic E-state index is 0.250. The first-order valence-electron chi connectivity index (χ1n) is 7.63. The Bertz CT molecular complexity index is 269. The van der Waals surface area contributed by atoms with Crippen molar-refractivity contribution in [3.63, 3.8) is 0 Å².